The van der Waals surface area contributed by atoms with E-state index in [0.717, 1.165) is 5.56 Å². The van der Waals surface area contributed by atoms with E-state index in [1.807, 2.05) is 13.0 Å². The molecule has 2 N–H and O–H groups in total. The molecule has 0 unspecified atom stereocenters. The highest BCUT2D eigenvalue weighted by Crippen LogP contribution is 2.31. The number of ether oxygens (including phenoxy) is 2. The second-order valence-electron chi connectivity index (χ2n) is 7.01. The summed E-state index contributed by atoms with van der Waals surface area (Å²) in [5.41, 5.74) is 1.99. The van der Waals surface area contributed by atoms with Crippen LogP contribution in [-0.2, 0) is 0 Å². The Balaban J connectivity index is 1.89. The largest absolute Gasteiger partial charge is 0.508 e. The zero-order valence-corrected chi connectivity index (χ0v) is 17.7. The number of aryl methyl sites for hydroxylation is 1. The first-order valence-corrected chi connectivity index (χ1v) is 9.74. The number of anilines is 1. The lowest BCUT2D eigenvalue weighted by molar-refractivity contribution is 0.102. The van der Waals surface area contributed by atoms with Gasteiger partial charge in [-0.25, -0.2) is 9.98 Å². The fraction of sp³-hybridized carbons (Fsp3) is 0.125. The van der Waals surface area contributed by atoms with Crippen LogP contribution < -0.4 is 20.3 Å². The Labute approximate surface area is 183 Å². The number of benzene rings is 2. The van der Waals surface area contributed by atoms with Crippen molar-refractivity contribution in [2.75, 3.05) is 19.5 Å². The van der Waals surface area contributed by atoms with Gasteiger partial charge in [-0.05, 0) is 48.9 Å². The predicted molar refractivity (Wildman–Crippen MR) is 120 cm³/mol. The van der Waals surface area contributed by atoms with Gasteiger partial charge >= 0.3 is 0 Å². The molecule has 0 aliphatic rings. The molecule has 32 heavy (non-hydrogen) atoms. The van der Waals surface area contributed by atoms with Crippen molar-refractivity contribution in [3.63, 3.8) is 0 Å². The van der Waals surface area contributed by atoms with Crippen LogP contribution in [0.2, 0.25) is 0 Å². The first-order chi connectivity index (χ1) is 15.5. The van der Waals surface area contributed by atoms with Gasteiger partial charge in [0, 0.05) is 23.7 Å². The average molecular weight is 431 g/mol. The molecule has 0 bridgehead atoms. The summed E-state index contributed by atoms with van der Waals surface area (Å²) in [6, 6.07) is 15.0. The van der Waals surface area contributed by atoms with Gasteiger partial charge < -0.3 is 24.3 Å². The molecular formula is C24H21N3O5. The van der Waals surface area contributed by atoms with E-state index in [9.17, 15) is 9.90 Å². The molecule has 0 aliphatic heterocycles. The summed E-state index contributed by atoms with van der Waals surface area (Å²) in [6.45, 7) is 1.91. The summed E-state index contributed by atoms with van der Waals surface area (Å²) >= 11 is 0. The van der Waals surface area contributed by atoms with Gasteiger partial charge in [-0.2, -0.15) is 0 Å². The number of methoxy groups -OCH3 is 2. The molecule has 2 aromatic carbocycles. The molecule has 8 nitrogen and oxygen atoms in total. The molecule has 0 atom stereocenters. The fourth-order valence-corrected chi connectivity index (χ4v) is 3.07. The highest BCUT2D eigenvalue weighted by Gasteiger charge is 2.15. The Morgan fingerprint density at radius 3 is 2.62 bits per heavy atom. The van der Waals surface area contributed by atoms with Crippen LogP contribution in [0, 0.1) is 6.92 Å². The molecule has 0 radical (unpaired) electrons. The summed E-state index contributed by atoms with van der Waals surface area (Å²) in [5, 5.41) is 13.2. The van der Waals surface area contributed by atoms with Crippen LogP contribution in [0.5, 0.6) is 17.2 Å². The second-order valence-corrected chi connectivity index (χ2v) is 7.01. The number of hydrogen-bond donors (Lipinski definition) is 2. The van der Waals surface area contributed by atoms with Gasteiger partial charge in [-0.15, -0.1) is 0 Å². The lowest BCUT2D eigenvalue weighted by atomic mass is 10.1. The Morgan fingerprint density at radius 1 is 1.06 bits per heavy atom. The van der Waals surface area contributed by atoms with Gasteiger partial charge in [0.2, 0.25) is 5.55 Å². The average Bonchev–Trinajstić information content (AvgIpc) is 2.80. The number of aromatic hydroxyl groups is 1. The number of phenolic OH excluding ortho intramolecular Hbond substituents is 1. The van der Waals surface area contributed by atoms with Gasteiger partial charge in [0.1, 0.15) is 39.9 Å². The van der Waals surface area contributed by atoms with E-state index in [4.69, 9.17) is 13.9 Å². The zero-order valence-electron chi connectivity index (χ0n) is 17.7. The van der Waals surface area contributed by atoms with Gasteiger partial charge in [-0.3, -0.25) is 4.79 Å². The molecule has 2 heterocycles. The first-order valence-electron chi connectivity index (χ1n) is 9.74. The molecular weight excluding hydrogens is 410 g/mol. The molecule has 8 heteroatoms. The lowest BCUT2D eigenvalue weighted by Crippen LogP contribution is -2.22. The van der Waals surface area contributed by atoms with Crippen molar-refractivity contribution >= 4 is 28.4 Å². The number of aromatic nitrogens is 1. The third-order valence-corrected chi connectivity index (χ3v) is 4.74. The molecule has 0 saturated carbocycles. The molecule has 0 fully saturated rings. The van der Waals surface area contributed by atoms with Crippen LogP contribution in [0.1, 0.15) is 15.9 Å². The fourth-order valence-electron chi connectivity index (χ4n) is 3.07. The van der Waals surface area contributed by atoms with Crippen molar-refractivity contribution in [2.24, 2.45) is 4.99 Å². The number of nitrogens with zero attached hydrogens (tertiary/aromatic N) is 2. The van der Waals surface area contributed by atoms with E-state index in [1.54, 1.807) is 49.7 Å². The van der Waals surface area contributed by atoms with Crippen LogP contribution in [0.3, 0.4) is 0 Å². The maximum absolute atomic E-state index is 13.1. The van der Waals surface area contributed by atoms with E-state index in [1.165, 1.54) is 19.2 Å². The number of amides is 1. The number of carbonyl (C=O) groups is 1. The number of fused-ring (bicyclic) bond motifs is 1. The SMILES string of the molecule is COc1ccc(OC)c(N=c2oc3cc(O)ccc3cc2C(=O)Nc2ccc(C)cn2)c1. The predicted octanol–water partition coefficient (Wildman–Crippen LogP) is 4.34. The van der Waals surface area contributed by atoms with Gasteiger partial charge in [0.15, 0.2) is 0 Å². The van der Waals surface area contributed by atoms with E-state index in [0.29, 0.717) is 34.0 Å². The number of phenols is 1. The zero-order chi connectivity index (χ0) is 22.7. The maximum Gasteiger partial charge on any atom is 0.262 e. The van der Waals surface area contributed by atoms with E-state index in [2.05, 4.69) is 15.3 Å². The van der Waals surface area contributed by atoms with Gasteiger partial charge in [-0.1, -0.05) is 6.07 Å². The van der Waals surface area contributed by atoms with Crippen LogP contribution >= 0.6 is 0 Å². The number of carbonyl (C=O) groups excluding carboxylic acids is 1. The highest BCUT2D eigenvalue weighted by molar-refractivity contribution is 6.05. The molecule has 0 saturated heterocycles. The number of nitrogens with one attached hydrogen (secondary N) is 1. The van der Waals surface area contributed by atoms with Gasteiger partial charge in [0.05, 0.1) is 14.2 Å². The third-order valence-electron chi connectivity index (χ3n) is 4.74. The third kappa shape index (κ3) is 4.39. The van der Waals surface area contributed by atoms with Crippen LogP contribution in [-0.4, -0.2) is 30.2 Å². The molecule has 4 aromatic rings. The minimum Gasteiger partial charge on any atom is -0.508 e. The summed E-state index contributed by atoms with van der Waals surface area (Å²) in [7, 11) is 3.06. The highest BCUT2D eigenvalue weighted by atomic mass is 16.5. The van der Waals surface area contributed by atoms with E-state index < -0.39 is 5.91 Å². The summed E-state index contributed by atoms with van der Waals surface area (Å²) in [6.07, 6.45) is 1.66. The van der Waals surface area contributed by atoms with Gasteiger partial charge in [0.25, 0.3) is 5.91 Å². The van der Waals surface area contributed by atoms with Crippen molar-refractivity contribution in [1.29, 1.82) is 0 Å². The molecule has 0 spiro atoms. The quantitative estimate of drug-likeness (QED) is 0.487. The monoisotopic (exact) mass is 431 g/mol. The minimum absolute atomic E-state index is 0.0345. The lowest BCUT2D eigenvalue weighted by Gasteiger charge is -2.09. The summed E-state index contributed by atoms with van der Waals surface area (Å²) in [5.74, 6) is 1.03. The molecule has 1 amide bonds. The normalized spacial score (nSPS) is 11.4. The van der Waals surface area contributed by atoms with Crippen molar-refractivity contribution in [2.45, 2.75) is 6.92 Å². The Bertz CT molecular complexity index is 1360. The van der Waals surface area contributed by atoms with Crippen molar-refractivity contribution in [3.05, 3.63) is 77.5 Å². The second kappa shape index (κ2) is 8.81. The number of hydrogen-bond acceptors (Lipinski definition) is 7. The molecule has 2 aromatic heterocycles. The van der Waals surface area contributed by atoms with E-state index >= 15 is 0 Å². The Morgan fingerprint density at radius 2 is 1.91 bits per heavy atom. The Kier molecular flexibility index (Phi) is 5.76. The van der Waals surface area contributed by atoms with Crippen molar-refractivity contribution in [1.82, 2.24) is 4.98 Å². The minimum atomic E-state index is -0.444. The summed E-state index contributed by atoms with van der Waals surface area (Å²) < 4.78 is 16.6. The topological polar surface area (TPSA) is 106 Å². The standard InChI is InChI=1S/C24H21N3O5/c1-14-4-9-22(25-13-14)27-23(29)18-10-15-5-6-16(28)11-21(15)32-24(18)26-19-12-17(30-2)7-8-20(19)31-3/h4-13,28H,1-3H3,(H,25,27,29). The maximum atomic E-state index is 13.1. The Hall–Kier alpha value is -4.33. The van der Waals surface area contributed by atoms with E-state index in [-0.39, 0.29) is 16.9 Å². The molecule has 162 valence electrons. The van der Waals surface area contributed by atoms with Crippen LogP contribution in [0.4, 0.5) is 11.5 Å². The summed E-state index contributed by atoms with van der Waals surface area (Å²) in [4.78, 5) is 21.9. The number of pyridine rings is 1. The van der Waals surface area contributed by atoms with Crippen LogP contribution in [0.25, 0.3) is 11.0 Å². The van der Waals surface area contributed by atoms with Crippen molar-refractivity contribution < 1.29 is 23.8 Å². The molecule has 4 rings (SSSR count). The van der Waals surface area contributed by atoms with Crippen molar-refractivity contribution in [3.8, 4) is 17.2 Å². The van der Waals surface area contributed by atoms with Crippen LogP contribution in [0.15, 0.2) is 70.2 Å². The molecule has 0 aliphatic carbocycles. The first kappa shape index (κ1) is 20.9. The number of rotatable bonds is 5. The smallest absolute Gasteiger partial charge is 0.262 e.